The van der Waals surface area contributed by atoms with Crippen molar-refractivity contribution in [2.24, 2.45) is 5.73 Å². The van der Waals surface area contributed by atoms with E-state index in [-0.39, 0.29) is 29.3 Å². The highest BCUT2D eigenvalue weighted by atomic mass is 19.1. The van der Waals surface area contributed by atoms with Crippen molar-refractivity contribution in [2.45, 2.75) is 19.8 Å². The van der Waals surface area contributed by atoms with Crippen LogP contribution in [0.15, 0.2) is 78.5 Å². The maximum absolute atomic E-state index is 14.2. The van der Waals surface area contributed by atoms with E-state index in [9.17, 15) is 14.0 Å². The van der Waals surface area contributed by atoms with Gasteiger partial charge in [0.1, 0.15) is 17.3 Å². The van der Waals surface area contributed by atoms with Gasteiger partial charge in [0.15, 0.2) is 0 Å². The van der Waals surface area contributed by atoms with Crippen LogP contribution in [-0.2, 0) is 16.0 Å². The Balaban J connectivity index is 1.85. The van der Waals surface area contributed by atoms with E-state index in [1.54, 1.807) is 67.6 Å². The van der Waals surface area contributed by atoms with Crippen LogP contribution >= 0.6 is 0 Å². The zero-order valence-corrected chi connectivity index (χ0v) is 18.6. The predicted octanol–water partition coefficient (Wildman–Crippen LogP) is 4.03. The van der Waals surface area contributed by atoms with Crippen molar-refractivity contribution in [3.8, 4) is 0 Å². The predicted molar refractivity (Wildman–Crippen MR) is 130 cm³/mol. The van der Waals surface area contributed by atoms with Gasteiger partial charge in [-0.3, -0.25) is 15.0 Å². The lowest BCUT2D eigenvalue weighted by molar-refractivity contribution is -0.137. The highest BCUT2D eigenvalue weighted by Gasteiger charge is 2.18. The minimum atomic E-state index is -0.887. The first-order chi connectivity index (χ1) is 16.3. The molecule has 0 radical (unpaired) electrons. The highest BCUT2D eigenvalue weighted by molar-refractivity contribution is 6.14. The van der Waals surface area contributed by atoms with E-state index in [4.69, 9.17) is 16.2 Å². The van der Waals surface area contributed by atoms with Crippen LogP contribution in [0.1, 0.15) is 28.7 Å². The number of anilines is 1. The third kappa shape index (κ3) is 6.07. The molecular formula is C26H25FN4O3. The molecule has 0 heterocycles. The Morgan fingerprint density at radius 3 is 2.35 bits per heavy atom. The smallest absolute Gasteiger partial charge is 0.303 e. The van der Waals surface area contributed by atoms with Crippen molar-refractivity contribution in [3.05, 3.63) is 107 Å². The quantitative estimate of drug-likeness (QED) is 0.197. The number of hydrogen-bond donors (Lipinski definition) is 5. The molecule has 0 saturated heterocycles. The van der Waals surface area contributed by atoms with E-state index in [0.717, 1.165) is 5.56 Å². The van der Waals surface area contributed by atoms with Crippen LogP contribution in [0.5, 0.6) is 0 Å². The first-order valence-corrected chi connectivity index (χ1v) is 10.5. The van der Waals surface area contributed by atoms with Gasteiger partial charge in [-0.15, -0.1) is 0 Å². The lowest BCUT2D eigenvalue weighted by Gasteiger charge is -2.16. The van der Waals surface area contributed by atoms with Crippen LogP contribution < -0.4 is 16.4 Å². The van der Waals surface area contributed by atoms with E-state index in [1.165, 1.54) is 12.1 Å². The Morgan fingerprint density at radius 2 is 1.71 bits per heavy atom. The average Bonchev–Trinajstić information content (AvgIpc) is 2.82. The molecule has 7 nitrogen and oxygen atoms in total. The Morgan fingerprint density at radius 1 is 1.03 bits per heavy atom. The lowest BCUT2D eigenvalue weighted by Crippen LogP contribution is -2.35. The summed E-state index contributed by atoms with van der Waals surface area (Å²) < 4.78 is 14.2. The highest BCUT2D eigenvalue weighted by Crippen LogP contribution is 2.23. The molecule has 0 saturated carbocycles. The van der Waals surface area contributed by atoms with Gasteiger partial charge in [-0.25, -0.2) is 4.39 Å². The van der Waals surface area contributed by atoms with Gasteiger partial charge in [0.05, 0.1) is 11.4 Å². The number of hydrogen-bond acceptors (Lipinski definition) is 5. The largest absolute Gasteiger partial charge is 0.481 e. The van der Waals surface area contributed by atoms with Gasteiger partial charge >= 0.3 is 5.97 Å². The summed E-state index contributed by atoms with van der Waals surface area (Å²) in [6, 6.07) is 20.0. The maximum atomic E-state index is 14.2. The Kier molecular flexibility index (Phi) is 7.76. The van der Waals surface area contributed by atoms with E-state index < -0.39 is 17.7 Å². The summed E-state index contributed by atoms with van der Waals surface area (Å²) in [6.07, 6.45) is 0.375. The number of aliphatic carboxylic acids is 1. The monoisotopic (exact) mass is 460 g/mol. The van der Waals surface area contributed by atoms with Gasteiger partial charge in [-0.1, -0.05) is 60.7 Å². The number of amides is 1. The normalized spacial score (nSPS) is 11.4. The van der Waals surface area contributed by atoms with Gasteiger partial charge in [0, 0.05) is 17.5 Å². The lowest BCUT2D eigenvalue weighted by atomic mass is 10.0. The minimum absolute atomic E-state index is 0.00552. The summed E-state index contributed by atoms with van der Waals surface area (Å²) in [4.78, 5) is 23.7. The maximum Gasteiger partial charge on any atom is 0.303 e. The summed E-state index contributed by atoms with van der Waals surface area (Å²) in [5.74, 6) is -2.27. The number of halogens is 1. The molecule has 0 aliphatic carbocycles. The Hall–Kier alpha value is -4.46. The standard InChI is InChI=1S/C26H25FN4O3/c1-16-15-17(12-14-22(32)33)11-13-19(16)25(29)31-26(34)23(28)24(18-7-3-2-4-8-18)30-21-10-6-5-9-20(21)27/h2-11,13,15,30H,12,14,28H2,1H3,(H,32,33)(H2,29,31,34)/b24-23-. The molecule has 8 heteroatoms. The second kappa shape index (κ2) is 10.9. The molecule has 0 bridgehead atoms. The third-order valence-corrected chi connectivity index (χ3v) is 5.14. The van der Waals surface area contributed by atoms with Crippen molar-refractivity contribution in [2.75, 3.05) is 5.32 Å². The first-order valence-electron chi connectivity index (χ1n) is 10.5. The number of carboxylic acid groups (broad SMARTS) is 1. The topological polar surface area (TPSA) is 128 Å². The number of carbonyl (C=O) groups is 2. The van der Waals surface area contributed by atoms with Crippen molar-refractivity contribution in [1.29, 1.82) is 5.41 Å². The molecule has 174 valence electrons. The molecule has 6 N–H and O–H groups in total. The van der Waals surface area contributed by atoms with Gasteiger partial charge < -0.3 is 21.5 Å². The van der Waals surface area contributed by atoms with Gasteiger partial charge in [-0.2, -0.15) is 0 Å². The number of benzene rings is 3. The fraction of sp³-hybridized carbons (Fsp3) is 0.115. The molecule has 0 aromatic heterocycles. The van der Waals surface area contributed by atoms with Crippen LogP contribution in [-0.4, -0.2) is 22.8 Å². The molecule has 0 aliphatic rings. The minimum Gasteiger partial charge on any atom is -0.481 e. The Labute approximate surface area is 196 Å². The van der Waals surface area contributed by atoms with Crippen molar-refractivity contribution in [3.63, 3.8) is 0 Å². The number of nitrogens with two attached hydrogens (primary N) is 1. The second-order valence-electron chi connectivity index (χ2n) is 7.63. The third-order valence-electron chi connectivity index (χ3n) is 5.14. The number of nitrogens with one attached hydrogen (secondary N) is 3. The van der Waals surface area contributed by atoms with E-state index >= 15 is 0 Å². The summed E-state index contributed by atoms with van der Waals surface area (Å²) in [7, 11) is 0. The molecule has 0 atom stereocenters. The summed E-state index contributed by atoms with van der Waals surface area (Å²) in [5, 5.41) is 22.6. The number of aryl methyl sites for hydroxylation is 2. The van der Waals surface area contributed by atoms with Crippen LogP contribution in [0.3, 0.4) is 0 Å². The van der Waals surface area contributed by atoms with E-state index in [2.05, 4.69) is 10.6 Å². The number of para-hydroxylation sites is 1. The average molecular weight is 461 g/mol. The van der Waals surface area contributed by atoms with Crippen LogP contribution in [0.4, 0.5) is 10.1 Å². The zero-order chi connectivity index (χ0) is 24.7. The van der Waals surface area contributed by atoms with Crippen LogP contribution in [0.25, 0.3) is 5.70 Å². The van der Waals surface area contributed by atoms with Crippen molar-refractivity contribution in [1.82, 2.24) is 5.32 Å². The van der Waals surface area contributed by atoms with E-state index in [1.807, 2.05) is 0 Å². The summed E-state index contributed by atoms with van der Waals surface area (Å²) >= 11 is 0. The number of rotatable bonds is 8. The van der Waals surface area contributed by atoms with Gasteiger partial charge in [0.2, 0.25) is 0 Å². The van der Waals surface area contributed by atoms with Gasteiger partial charge in [-0.05, 0) is 36.6 Å². The SMILES string of the molecule is Cc1cc(CCC(=O)O)ccc1C(=N)NC(=O)/C(N)=C(/Nc1ccccc1F)c1ccccc1. The number of amidine groups is 1. The molecule has 0 fully saturated rings. The molecule has 0 unspecified atom stereocenters. The second-order valence-corrected chi connectivity index (χ2v) is 7.63. The molecule has 0 aliphatic heterocycles. The fourth-order valence-electron chi connectivity index (χ4n) is 3.37. The van der Waals surface area contributed by atoms with Crippen LogP contribution in [0, 0.1) is 18.2 Å². The zero-order valence-electron chi connectivity index (χ0n) is 18.6. The first kappa shape index (κ1) is 24.2. The molecule has 0 spiro atoms. The van der Waals surface area contributed by atoms with Crippen molar-refractivity contribution >= 4 is 29.1 Å². The molecule has 1 amide bonds. The number of carboxylic acids is 1. The van der Waals surface area contributed by atoms with Gasteiger partial charge in [0.25, 0.3) is 5.91 Å². The summed E-state index contributed by atoms with van der Waals surface area (Å²) in [6.45, 7) is 1.77. The fourth-order valence-corrected chi connectivity index (χ4v) is 3.37. The van der Waals surface area contributed by atoms with Crippen molar-refractivity contribution < 1.29 is 19.1 Å². The van der Waals surface area contributed by atoms with Crippen LogP contribution in [0.2, 0.25) is 0 Å². The van der Waals surface area contributed by atoms with E-state index in [0.29, 0.717) is 23.1 Å². The molecular weight excluding hydrogens is 435 g/mol. The molecule has 3 aromatic carbocycles. The molecule has 3 rings (SSSR count). The molecule has 3 aromatic rings. The number of carbonyl (C=O) groups excluding carboxylic acids is 1. The molecule has 34 heavy (non-hydrogen) atoms. The Bertz CT molecular complexity index is 1260. The summed E-state index contributed by atoms with van der Waals surface area (Å²) in [5.41, 5.74) is 8.91.